The van der Waals surface area contributed by atoms with E-state index in [4.69, 9.17) is 9.47 Å². The molecule has 0 fully saturated rings. The van der Waals surface area contributed by atoms with Crippen LogP contribution in [-0.4, -0.2) is 55.8 Å². The fourth-order valence-electron chi connectivity index (χ4n) is 4.00. The van der Waals surface area contributed by atoms with Gasteiger partial charge in [0.05, 0.1) is 25.2 Å². The lowest BCUT2D eigenvalue weighted by Crippen LogP contribution is -2.32. The first-order valence-corrected chi connectivity index (χ1v) is 11.7. The molecule has 2 aromatic rings. The zero-order valence-electron chi connectivity index (χ0n) is 20.5. The first-order valence-electron chi connectivity index (χ1n) is 11.7. The van der Waals surface area contributed by atoms with Gasteiger partial charge in [0.2, 0.25) is 0 Å². The van der Waals surface area contributed by atoms with Gasteiger partial charge in [-0.2, -0.15) is 0 Å². The van der Waals surface area contributed by atoms with E-state index in [-0.39, 0.29) is 17.4 Å². The molecule has 0 radical (unpaired) electrons. The van der Waals surface area contributed by atoms with Crippen molar-refractivity contribution in [2.24, 2.45) is 5.92 Å². The van der Waals surface area contributed by atoms with Crippen molar-refractivity contribution < 1.29 is 14.3 Å². The van der Waals surface area contributed by atoms with Crippen LogP contribution in [0.15, 0.2) is 23.1 Å². The summed E-state index contributed by atoms with van der Waals surface area (Å²) in [4.78, 5) is 28.7. The molecule has 1 amide bonds. The highest BCUT2D eigenvalue weighted by Gasteiger charge is 2.18. The van der Waals surface area contributed by atoms with Crippen molar-refractivity contribution in [3.05, 3.63) is 34.2 Å². The summed E-state index contributed by atoms with van der Waals surface area (Å²) in [5, 5.41) is 4.07. The van der Waals surface area contributed by atoms with Gasteiger partial charge in [-0.05, 0) is 56.9 Å². The Hall–Kier alpha value is -2.54. The molecule has 1 N–H and O–H groups in total. The van der Waals surface area contributed by atoms with Crippen molar-refractivity contribution in [3.63, 3.8) is 0 Å². The number of carbonyl (C=O) groups is 1. The average molecular weight is 446 g/mol. The summed E-state index contributed by atoms with van der Waals surface area (Å²) in [6, 6.07) is 3.38. The van der Waals surface area contributed by atoms with Crippen LogP contribution in [0.1, 0.15) is 57.3 Å². The molecule has 0 atom stereocenters. The van der Waals surface area contributed by atoms with E-state index in [0.717, 1.165) is 38.9 Å². The number of amides is 1. The minimum atomic E-state index is -0.183. The van der Waals surface area contributed by atoms with Gasteiger partial charge < -0.3 is 24.3 Å². The van der Waals surface area contributed by atoms with Gasteiger partial charge in [0, 0.05) is 24.7 Å². The largest absolute Gasteiger partial charge is 0.493 e. The monoisotopic (exact) mass is 445 g/mol. The van der Waals surface area contributed by atoms with Crippen LogP contribution >= 0.6 is 0 Å². The Balaban J connectivity index is 2.32. The number of methoxy groups -OCH3 is 2. The van der Waals surface area contributed by atoms with Crippen LogP contribution in [-0.2, 0) is 6.54 Å². The minimum absolute atomic E-state index is 0.138. The third-order valence-electron chi connectivity index (χ3n) is 5.41. The standard InChI is InChI=1S/C25H39N3O4/c1-7-11-27(12-8-2)13-9-10-26-24(29)21-17-28(16-18(3)4)25(30)20-15-23(32-6)22(31-5)14-19(20)21/h14-15,17-18H,7-13,16H2,1-6H3,(H,26,29). The first-order chi connectivity index (χ1) is 15.4. The van der Waals surface area contributed by atoms with Crippen LogP contribution in [0.4, 0.5) is 0 Å². The number of fused-ring (bicyclic) bond motifs is 1. The fourth-order valence-corrected chi connectivity index (χ4v) is 4.00. The summed E-state index contributed by atoms with van der Waals surface area (Å²) in [6.07, 6.45) is 4.81. The van der Waals surface area contributed by atoms with Crippen LogP contribution < -0.4 is 20.3 Å². The molecule has 7 nitrogen and oxygen atoms in total. The topological polar surface area (TPSA) is 72.8 Å². The Labute approximate surface area is 191 Å². The van der Waals surface area contributed by atoms with Crippen molar-refractivity contribution in [2.45, 2.75) is 53.5 Å². The van der Waals surface area contributed by atoms with Gasteiger partial charge in [-0.1, -0.05) is 27.7 Å². The lowest BCUT2D eigenvalue weighted by Gasteiger charge is -2.21. The molecule has 0 aliphatic heterocycles. The van der Waals surface area contributed by atoms with E-state index >= 15 is 0 Å². The third-order valence-corrected chi connectivity index (χ3v) is 5.41. The summed E-state index contributed by atoms with van der Waals surface area (Å²) in [5.74, 6) is 1.05. The zero-order chi connectivity index (χ0) is 23.7. The van der Waals surface area contributed by atoms with Gasteiger partial charge in [-0.3, -0.25) is 9.59 Å². The molecular weight excluding hydrogens is 406 g/mol. The van der Waals surface area contributed by atoms with E-state index in [0.29, 0.717) is 40.9 Å². The van der Waals surface area contributed by atoms with Crippen LogP contribution in [0, 0.1) is 5.92 Å². The Morgan fingerprint density at radius 2 is 1.62 bits per heavy atom. The number of benzene rings is 1. The average Bonchev–Trinajstić information content (AvgIpc) is 2.77. The van der Waals surface area contributed by atoms with Gasteiger partial charge in [-0.15, -0.1) is 0 Å². The van der Waals surface area contributed by atoms with Gasteiger partial charge in [-0.25, -0.2) is 0 Å². The number of aromatic nitrogens is 1. The molecule has 0 saturated heterocycles. The lowest BCUT2D eigenvalue weighted by atomic mass is 10.0. The minimum Gasteiger partial charge on any atom is -0.493 e. The molecule has 0 bridgehead atoms. The molecule has 2 rings (SSSR count). The number of pyridine rings is 1. The molecular formula is C25H39N3O4. The maximum atomic E-state index is 13.1. The highest BCUT2D eigenvalue weighted by atomic mass is 16.5. The van der Waals surface area contributed by atoms with Crippen molar-refractivity contribution in [1.29, 1.82) is 0 Å². The number of rotatable bonds is 13. The molecule has 0 unspecified atom stereocenters. The number of nitrogens with one attached hydrogen (secondary N) is 1. The number of hydrogen-bond donors (Lipinski definition) is 1. The predicted molar refractivity (Wildman–Crippen MR) is 130 cm³/mol. The van der Waals surface area contributed by atoms with Gasteiger partial charge in [0.1, 0.15) is 0 Å². The lowest BCUT2D eigenvalue weighted by molar-refractivity contribution is 0.0952. The molecule has 7 heteroatoms. The first kappa shape index (κ1) is 25.7. The summed E-state index contributed by atoms with van der Waals surface area (Å²) in [6.45, 7) is 12.7. The van der Waals surface area contributed by atoms with Crippen LogP contribution in [0.2, 0.25) is 0 Å². The van der Waals surface area contributed by atoms with E-state index in [9.17, 15) is 9.59 Å². The predicted octanol–water partition coefficient (Wildman–Crippen LogP) is 3.92. The van der Waals surface area contributed by atoms with Gasteiger partial charge >= 0.3 is 0 Å². The van der Waals surface area contributed by atoms with Crippen molar-refractivity contribution in [2.75, 3.05) is 40.4 Å². The Kier molecular flexibility index (Phi) is 10.0. The molecule has 178 valence electrons. The van der Waals surface area contributed by atoms with Crippen LogP contribution in [0.5, 0.6) is 11.5 Å². The number of nitrogens with zero attached hydrogens (tertiary/aromatic N) is 2. The second-order valence-electron chi connectivity index (χ2n) is 8.60. The SMILES string of the molecule is CCCN(CCC)CCCNC(=O)c1cn(CC(C)C)c(=O)c2cc(OC)c(OC)cc12. The Morgan fingerprint density at radius 3 is 2.16 bits per heavy atom. The molecule has 32 heavy (non-hydrogen) atoms. The van der Waals surface area contributed by atoms with Crippen molar-refractivity contribution in [3.8, 4) is 11.5 Å². The Bertz CT molecular complexity index is 946. The number of hydrogen-bond acceptors (Lipinski definition) is 5. The second kappa shape index (κ2) is 12.5. The molecule has 0 aliphatic carbocycles. The number of ether oxygens (including phenoxy) is 2. The Morgan fingerprint density at radius 1 is 1.03 bits per heavy atom. The highest BCUT2D eigenvalue weighted by molar-refractivity contribution is 6.07. The maximum Gasteiger partial charge on any atom is 0.258 e. The third kappa shape index (κ3) is 6.48. The van der Waals surface area contributed by atoms with Crippen LogP contribution in [0.3, 0.4) is 0 Å². The van der Waals surface area contributed by atoms with E-state index in [1.54, 1.807) is 30.0 Å². The summed E-state index contributed by atoms with van der Waals surface area (Å²) < 4.78 is 12.4. The van der Waals surface area contributed by atoms with Crippen LogP contribution in [0.25, 0.3) is 10.8 Å². The summed E-state index contributed by atoms with van der Waals surface area (Å²) >= 11 is 0. The van der Waals surface area contributed by atoms with E-state index in [1.807, 2.05) is 13.8 Å². The van der Waals surface area contributed by atoms with Crippen molar-refractivity contribution >= 4 is 16.7 Å². The zero-order valence-corrected chi connectivity index (χ0v) is 20.5. The normalized spacial score (nSPS) is 11.4. The molecule has 1 aromatic carbocycles. The highest BCUT2D eigenvalue weighted by Crippen LogP contribution is 2.32. The molecule has 1 heterocycles. The molecule has 0 saturated carbocycles. The van der Waals surface area contributed by atoms with Crippen molar-refractivity contribution in [1.82, 2.24) is 14.8 Å². The molecule has 0 spiro atoms. The quantitative estimate of drug-likeness (QED) is 0.473. The van der Waals surface area contributed by atoms with Gasteiger partial charge in [0.15, 0.2) is 11.5 Å². The molecule has 1 aromatic heterocycles. The van der Waals surface area contributed by atoms with E-state index in [2.05, 4.69) is 24.1 Å². The smallest absolute Gasteiger partial charge is 0.258 e. The number of carbonyl (C=O) groups excluding carboxylic acids is 1. The maximum absolute atomic E-state index is 13.1. The van der Waals surface area contributed by atoms with Gasteiger partial charge in [0.25, 0.3) is 11.5 Å². The fraction of sp³-hybridized carbons (Fsp3) is 0.600. The summed E-state index contributed by atoms with van der Waals surface area (Å²) in [5.41, 5.74) is 0.334. The molecule has 0 aliphatic rings. The second-order valence-corrected chi connectivity index (χ2v) is 8.60. The summed E-state index contributed by atoms with van der Waals surface area (Å²) in [7, 11) is 3.08. The van der Waals surface area contributed by atoms with E-state index < -0.39 is 0 Å². The van der Waals surface area contributed by atoms with E-state index in [1.165, 1.54) is 7.11 Å².